The van der Waals surface area contributed by atoms with E-state index in [1.807, 2.05) is 62.4 Å². The highest BCUT2D eigenvalue weighted by Crippen LogP contribution is 2.41. The minimum absolute atomic E-state index is 0.211. The van der Waals surface area contributed by atoms with Crippen LogP contribution in [0.2, 0.25) is 5.02 Å². The number of fused-ring (bicyclic) bond motifs is 1. The molecule has 1 heterocycles. The molecule has 34 heavy (non-hydrogen) atoms. The van der Waals surface area contributed by atoms with Crippen LogP contribution in [0.15, 0.2) is 71.4 Å². The fraction of sp³-hybridized carbons (Fsp3) is 0.179. The van der Waals surface area contributed by atoms with Gasteiger partial charge in [-0.2, -0.15) is 0 Å². The second-order valence-corrected chi connectivity index (χ2v) is 8.38. The van der Waals surface area contributed by atoms with Crippen molar-refractivity contribution in [1.82, 2.24) is 5.32 Å². The highest BCUT2D eigenvalue weighted by molar-refractivity contribution is 6.31. The maximum absolute atomic E-state index is 12.7. The topological polar surface area (TPSA) is 60.7 Å². The number of amides is 1. The number of halogens is 1. The molecule has 6 heteroatoms. The Morgan fingerprint density at radius 3 is 2.62 bits per heavy atom. The molecule has 1 amide bonds. The molecule has 0 aliphatic rings. The molecule has 0 spiro atoms. The number of furan rings is 1. The number of hydrogen-bond acceptors (Lipinski definition) is 4. The lowest BCUT2D eigenvalue weighted by molar-refractivity contribution is -0.116. The smallest absolute Gasteiger partial charge is 0.244 e. The summed E-state index contributed by atoms with van der Waals surface area (Å²) in [6, 6.07) is 17.3. The van der Waals surface area contributed by atoms with Crippen LogP contribution in [0.1, 0.15) is 23.6 Å². The Balaban J connectivity index is 1.70. The van der Waals surface area contributed by atoms with Gasteiger partial charge in [0, 0.05) is 39.7 Å². The molecule has 0 unspecified atom stereocenters. The van der Waals surface area contributed by atoms with E-state index in [0.29, 0.717) is 17.3 Å². The van der Waals surface area contributed by atoms with Crippen molar-refractivity contribution in [3.05, 3.63) is 88.6 Å². The van der Waals surface area contributed by atoms with Crippen molar-refractivity contribution >= 4 is 34.1 Å². The molecule has 1 aromatic heterocycles. The lowest BCUT2D eigenvalue weighted by Gasteiger charge is -2.13. The minimum Gasteiger partial charge on any atom is -0.497 e. The van der Waals surface area contributed by atoms with Crippen LogP contribution in [0.5, 0.6) is 11.5 Å². The van der Waals surface area contributed by atoms with Crippen molar-refractivity contribution < 1.29 is 18.7 Å². The molecule has 0 radical (unpaired) electrons. The Labute approximate surface area is 203 Å². The van der Waals surface area contributed by atoms with E-state index in [1.165, 1.54) is 0 Å². The zero-order valence-electron chi connectivity index (χ0n) is 19.6. The van der Waals surface area contributed by atoms with Gasteiger partial charge in [-0.25, -0.2) is 0 Å². The van der Waals surface area contributed by atoms with Crippen LogP contribution in [-0.4, -0.2) is 20.1 Å². The molecule has 0 fully saturated rings. The Morgan fingerprint density at radius 1 is 1.09 bits per heavy atom. The quantitative estimate of drug-likeness (QED) is 0.299. The molecular formula is C28H26ClNO4. The largest absolute Gasteiger partial charge is 0.497 e. The van der Waals surface area contributed by atoms with Crippen molar-refractivity contribution in [2.45, 2.75) is 20.4 Å². The first-order chi connectivity index (χ1) is 16.4. The summed E-state index contributed by atoms with van der Waals surface area (Å²) >= 11 is 6.20. The lowest BCUT2D eigenvalue weighted by Crippen LogP contribution is -2.20. The highest BCUT2D eigenvalue weighted by Gasteiger charge is 2.19. The zero-order chi connectivity index (χ0) is 24.2. The number of carbonyl (C=O) groups is 1. The van der Waals surface area contributed by atoms with Crippen LogP contribution in [0.4, 0.5) is 0 Å². The van der Waals surface area contributed by atoms with Crippen LogP contribution in [0, 0.1) is 6.92 Å². The summed E-state index contributed by atoms with van der Waals surface area (Å²) in [7, 11) is 3.26. The van der Waals surface area contributed by atoms with Gasteiger partial charge in [-0.1, -0.05) is 41.9 Å². The monoisotopic (exact) mass is 475 g/mol. The van der Waals surface area contributed by atoms with Crippen LogP contribution >= 0.6 is 11.6 Å². The first kappa shape index (κ1) is 23.5. The van der Waals surface area contributed by atoms with Crippen LogP contribution < -0.4 is 14.8 Å². The van der Waals surface area contributed by atoms with Crippen molar-refractivity contribution in [3.63, 3.8) is 0 Å². The maximum Gasteiger partial charge on any atom is 0.244 e. The van der Waals surface area contributed by atoms with E-state index in [1.54, 1.807) is 32.6 Å². The van der Waals surface area contributed by atoms with Gasteiger partial charge in [0.1, 0.15) is 17.1 Å². The van der Waals surface area contributed by atoms with Gasteiger partial charge in [-0.15, -0.1) is 0 Å². The van der Waals surface area contributed by atoms with Crippen LogP contribution in [0.3, 0.4) is 0 Å². The van der Waals surface area contributed by atoms with E-state index in [9.17, 15) is 4.79 Å². The van der Waals surface area contributed by atoms with E-state index in [4.69, 9.17) is 25.5 Å². The first-order valence-electron chi connectivity index (χ1n) is 10.9. The summed E-state index contributed by atoms with van der Waals surface area (Å²) < 4.78 is 17.0. The number of aryl methyl sites for hydroxylation is 1. The van der Waals surface area contributed by atoms with Gasteiger partial charge in [0.15, 0.2) is 0 Å². The van der Waals surface area contributed by atoms with E-state index in [-0.39, 0.29) is 5.91 Å². The SMILES string of the molecule is COc1cccc(-c2coc3c(C)c(OC)c(/C(C)=C/C(=O)NCc4ccccc4Cl)cc23)c1. The van der Waals surface area contributed by atoms with Gasteiger partial charge >= 0.3 is 0 Å². The molecule has 0 aliphatic carbocycles. The Kier molecular flexibility index (Phi) is 6.94. The first-order valence-corrected chi connectivity index (χ1v) is 11.2. The molecule has 4 rings (SSSR count). The standard InChI is InChI=1S/C28H26ClNO4/c1-17(12-26(31)30-15-20-8-5-6-11-25(20)29)22-14-23-24(19-9-7-10-21(13-19)32-3)16-34-28(23)18(2)27(22)33-4/h5-14,16H,15H2,1-4H3,(H,30,31)/b17-12+. The average Bonchev–Trinajstić information content (AvgIpc) is 3.28. The fourth-order valence-electron chi connectivity index (χ4n) is 4.04. The van der Waals surface area contributed by atoms with Gasteiger partial charge in [0.05, 0.1) is 20.5 Å². The lowest BCUT2D eigenvalue weighted by atomic mass is 9.96. The molecule has 0 bridgehead atoms. The summed E-state index contributed by atoms with van der Waals surface area (Å²) in [4.78, 5) is 12.7. The number of methoxy groups -OCH3 is 2. The molecule has 0 saturated heterocycles. The number of ether oxygens (including phenoxy) is 2. The summed E-state index contributed by atoms with van der Waals surface area (Å²) in [5.74, 6) is 1.23. The highest BCUT2D eigenvalue weighted by atomic mass is 35.5. The summed E-state index contributed by atoms with van der Waals surface area (Å²) in [6.07, 6.45) is 3.32. The normalized spacial score (nSPS) is 11.5. The van der Waals surface area contributed by atoms with Gasteiger partial charge in [-0.05, 0) is 54.8 Å². The third kappa shape index (κ3) is 4.66. The molecule has 0 atom stereocenters. The predicted octanol–water partition coefficient (Wildman–Crippen LogP) is 6.80. The van der Waals surface area contributed by atoms with Gasteiger partial charge < -0.3 is 19.2 Å². The van der Waals surface area contributed by atoms with E-state index in [0.717, 1.165) is 50.1 Å². The molecule has 3 aromatic carbocycles. The van der Waals surface area contributed by atoms with Gasteiger partial charge in [0.2, 0.25) is 5.91 Å². The van der Waals surface area contributed by atoms with Gasteiger partial charge in [0.25, 0.3) is 0 Å². The molecule has 0 aliphatic heterocycles. The van der Waals surface area contributed by atoms with Crippen molar-refractivity contribution in [2.75, 3.05) is 14.2 Å². The van der Waals surface area contributed by atoms with E-state index >= 15 is 0 Å². The Bertz CT molecular complexity index is 1390. The number of benzene rings is 3. The third-order valence-corrected chi connectivity index (χ3v) is 6.18. The number of allylic oxidation sites excluding steroid dienone is 1. The second kappa shape index (κ2) is 10.1. The number of hydrogen-bond donors (Lipinski definition) is 1. The summed E-state index contributed by atoms with van der Waals surface area (Å²) in [6.45, 7) is 4.19. The van der Waals surface area contributed by atoms with Crippen molar-refractivity contribution in [2.24, 2.45) is 0 Å². The molecule has 0 saturated carbocycles. The van der Waals surface area contributed by atoms with E-state index < -0.39 is 0 Å². The molecular weight excluding hydrogens is 450 g/mol. The summed E-state index contributed by atoms with van der Waals surface area (Å²) in [5.41, 5.74) is 5.99. The maximum atomic E-state index is 12.7. The second-order valence-electron chi connectivity index (χ2n) is 7.98. The fourth-order valence-corrected chi connectivity index (χ4v) is 4.24. The van der Waals surface area contributed by atoms with Crippen LogP contribution in [0.25, 0.3) is 27.7 Å². The average molecular weight is 476 g/mol. The zero-order valence-corrected chi connectivity index (χ0v) is 20.3. The van der Waals surface area contributed by atoms with E-state index in [2.05, 4.69) is 5.32 Å². The molecule has 5 nitrogen and oxygen atoms in total. The van der Waals surface area contributed by atoms with Crippen LogP contribution in [-0.2, 0) is 11.3 Å². The predicted molar refractivity (Wildman–Crippen MR) is 136 cm³/mol. The molecule has 174 valence electrons. The minimum atomic E-state index is -0.211. The number of carbonyl (C=O) groups excluding carboxylic acids is 1. The van der Waals surface area contributed by atoms with Crippen molar-refractivity contribution in [1.29, 1.82) is 0 Å². The third-order valence-electron chi connectivity index (χ3n) is 5.81. The van der Waals surface area contributed by atoms with Crippen molar-refractivity contribution in [3.8, 4) is 22.6 Å². The molecule has 1 N–H and O–H groups in total. The Hall–Kier alpha value is -3.70. The van der Waals surface area contributed by atoms with Gasteiger partial charge in [-0.3, -0.25) is 4.79 Å². The molecule has 4 aromatic rings. The summed E-state index contributed by atoms with van der Waals surface area (Å²) in [5, 5.41) is 4.46. The Morgan fingerprint density at radius 2 is 1.88 bits per heavy atom. The number of rotatable bonds is 7. The number of nitrogens with one attached hydrogen (secondary N) is 1.